The number of anilines is 3. The summed E-state index contributed by atoms with van der Waals surface area (Å²) < 4.78 is 0. The highest BCUT2D eigenvalue weighted by atomic mass is 32.1. The lowest BCUT2D eigenvalue weighted by molar-refractivity contribution is 0.102. The largest absolute Gasteiger partial charge is 0.398 e. The molecule has 0 saturated carbocycles. The molecule has 2 amide bonds. The molecule has 0 spiro atoms. The smallest absolute Gasteiger partial charge is 0.258 e. The minimum atomic E-state index is -0.210. The fourth-order valence-corrected chi connectivity index (χ4v) is 5.63. The second-order valence-corrected chi connectivity index (χ2v) is 9.46. The van der Waals surface area contributed by atoms with Crippen LogP contribution >= 0.6 is 11.3 Å². The van der Waals surface area contributed by atoms with Crippen LogP contribution in [0.1, 0.15) is 44.0 Å². The van der Waals surface area contributed by atoms with Gasteiger partial charge < -0.3 is 16.4 Å². The van der Waals surface area contributed by atoms with Crippen molar-refractivity contribution in [1.82, 2.24) is 0 Å². The molecule has 0 aliphatic heterocycles. The van der Waals surface area contributed by atoms with Gasteiger partial charge in [0.25, 0.3) is 11.8 Å². The van der Waals surface area contributed by atoms with Crippen LogP contribution in [0.3, 0.4) is 0 Å². The maximum atomic E-state index is 13.4. The van der Waals surface area contributed by atoms with Gasteiger partial charge in [-0.25, -0.2) is 0 Å². The summed E-state index contributed by atoms with van der Waals surface area (Å²) in [5, 5.41) is 6.64. The molecule has 1 aromatic heterocycles. The van der Waals surface area contributed by atoms with Crippen molar-refractivity contribution in [2.24, 2.45) is 0 Å². The van der Waals surface area contributed by atoms with Gasteiger partial charge in [-0.05, 0) is 67.1 Å². The van der Waals surface area contributed by atoms with E-state index in [2.05, 4.69) is 10.6 Å². The molecule has 1 aliphatic carbocycles. The lowest BCUT2D eigenvalue weighted by atomic mass is 9.95. The first kappa shape index (κ1) is 21.9. The first-order valence-corrected chi connectivity index (χ1v) is 12.2. The third-order valence-corrected chi connectivity index (χ3v) is 7.28. The fraction of sp³-hybridized carbons (Fsp3) is 0.143. The van der Waals surface area contributed by atoms with E-state index in [0.717, 1.165) is 42.4 Å². The Morgan fingerprint density at radius 2 is 1.47 bits per heavy atom. The lowest BCUT2D eigenvalue weighted by Gasteiger charge is -2.14. The van der Waals surface area contributed by atoms with Crippen LogP contribution in [0.4, 0.5) is 16.4 Å². The maximum Gasteiger partial charge on any atom is 0.258 e. The van der Waals surface area contributed by atoms with Crippen LogP contribution in [-0.2, 0) is 12.8 Å². The quantitative estimate of drug-likeness (QED) is 0.298. The summed E-state index contributed by atoms with van der Waals surface area (Å²) in [4.78, 5) is 27.4. The van der Waals surface area contributed by atoms with Gasteiger partial charge in [0.2, 0.25) is 0 Å². The average Bonchev–Trinajstić information content (AvgIpc) is 3.23. The van der Waals surface area contributed by atoms with E-state index in [1.165, 1.54) is 16.2 Å². The number of nitrogens with two attached hydrogens (primary N) is 1. The van der Waals surface area contributed by atoms with Gasteiger partial charge in [0, 0.05) is 27.4 Å². The minimum absolute atomic E-state index is 0.199. The number of hydrogen-bond donors (Lipinski definition) is 3. The zero-order chi connectivity index (χ0) is 23.5. The molecular weight excluding hydrogens is 442 g/mol. The summed E-state index contributed by atoms with van der Waals surface area (Å²) in [6, 6.07) is 24.4. The van der Waals surface area contributed by atoms with E-state index < -0.39 is 0 Å². The highest BCUT2D eigenvalue weighted by Gasteiger charge is 2.26. The standard InChI is InChI=1S/C28H25N3O2S/c29-23-12-6-4-10-21(23)18-14-16-20(17-15-18)30-27(33)25-22-11-5-7-13-24(22)34-28(25)31-26(32)19-8-2-1-3-9-19/h1-4,6,8-10,12,14-17H,5,7,11,13,29H2,(H,30,33)(H,31,32). The number of carbonyl (C=O) groups is 2. The number of carbonyl (C=O) groups excluding carboxylic acids is 2. The predicted octanol–water partition coefficient (Wildman–Crippen LogP) is 6.38. The molecule has 1 heterocycles. The number of amides is 2. The third kappa shape index (κ3) is 4.45. The Bertz CT molecular complexity index is 1340. The minimum Gasteiger partial charge on any atom is -0.398 e. The summed E-state index contributed by atoms with van der Waals surface area (Å²) in [5.41, 5.74) is 11.7. The van der Waals surface area contributed by atoms with Crippen molar-refractivity contribution < 1.29 is 9.59 Å². The van der Waals surface area contributed by atoms with E-state index in [-0.39, 0.29) is 11.8 Å². The number of thiophene rings is 1. The molecular formula is C28H25N3O2S. The summed E-state index contributed by atoms with van der Waals surface area (Å²) >= 11 is 1.52. The number of benzene rings is 3. The Morgan fingerprint density at radius 3 is 2.24 bits per heavy atom. The Balaban J connectivity index is 1.40. The van der Waals surface area contributed by atoms with E-state index in [1.807, 2.05) is 66.7 Å². The van der Waals surface area contributed by atoms with Crippen LogP contribution in [0.15, 0.2) is 78.9 Å². The number of fused-ring (bicyclic) bond motifs is 1. The van der Waals surface area contributed by atoms with Crippen molar-refractivity contribution in [3.8, 4) is 11.1 Å². The monoisotopic (exact) mass is 467 g/mol. The van der Waals surface area contributed by atoms with Crippen molar-refractivity contribution >= 4 is 39.5 Å². The van der Waals surface area contributed by atoms with Crippen LogP contribution < -0.4 is 16.4 Å². The Labute approximate surface area is 202 Å². The highest BCUT2D eigenvalue weighted by Crippen LogP contribution is 2.39. The van der Waals surface area contributed by atoms with Gasteiger partial charge in [0.15, 0.2) is 0 Å². The maximum absolute atomic E-state index is 13.4. The Morgan fingerprint density at radius 1 is 0.765 bits per heavy atom. The molecule has 5 nitrogen and oxygen atoms in total. The molecule has 4 N–H and O–H groups in total. The zero-order valence-electron chi connectivity index (χ0n) is 18.6. The first-order chi connectivity index (χ1) is 16.6. The predicted molar refractivity (Wildman–Crippen MR) is 140 cm³/mol. The van der Waals surface area contributed by atoms with E-state index >= 15 is 0 Å². The fourth-order valence-electron chi connectivity index (χ4n) is 4.35. The number of rotatable bonds is 5. The lowest BCUT2D eigenvalue weighted by Crippen LogP contribution is -2.18. The van der Waals surface area contributed by atoms with Crippen LogP contribution in [0.2, 0.25) is 0 Å². The molecule has 3 aromatic carbocycles. The third-order valence-electron chi connectivity index (χ3n) is 6.08. The van der Waals surface area contributed by atoms with Crippen molar-refractivity contribution in [2.75, 3.05) is 16.4 Å². The van der Waals surface area contributed by atoms with Gasteiger partial charge in [-0.15, -0.1) is 11.3 Å². The Kier molecular flexibility index (Phi) is 6.14. The molecule has 0 saturated heterocycles. The van der Waals surface area contributed by atoms with Crippen LogP contribution in [-0.4, -0.2) is 11.8 Å². The van der Waals surface area contributed by atoms with Crippen molar-refractivity contribution in [3.05, 3.63) is 100 Å². The van der Waals surface area contributed by atoms with E-state index in [4.69, 9.17) is 5.73 Å². The summed E-state index contributed by atoms with van der Waals surface area (Å²) in [7, 11) is 0. The van der Waals surface area contributed by atoms with Gasteiger partial charge in [0.1, 0.15) is 5.00 Å². The van der Waals surface area contributed by atoms with E-state index in [0.29, 0.717) is 27.5 Å². The van der Waals surface area contributed by atoms with Gasteiger partial charge in [-0.2, -0.15) is 0 Å². The van der Waals surface area contributed by atoms with E-state index in [1.54, 1.807) is 12.1 Å². The normalized spacial score (nSPS) is 12.6. The summed E-state index contributed by atoms with van der Waals surface area (Å²) in [5.74, 6) is -0.409. The van der Waals surface area contributed by atoms with Crippen molar-refractivity contribution in [2.45, 2.75) is 25.7 Å². The zero-order valence-corrected chi connectivity index (χ0v) is 19.5. The van der Waals surface area contributed by atoms with Gasteiger partial charge in [0.05, 0.1) is 5.56 Å². The Hall–Kier alpha value is -3.90. The molecule has 170 valence electrons. The number of hydrogen-bond acceptors (Lipinski definition) is 4. The van der Waals surface area contributed by atoms with Gasteiger partial charge in [-0.1, -0.05) is 48.5 Å². The molecule has 4 aromatic rings. The molecule has 0 radical (unpaired) electrons. The molecule has 34 heavy (non-hydrogen) atoms. The molecule has 0 unspecified atom stereocenters. The molecule has 6 heteroatoms. The second-order valence-electron chi connectivity index (χ2n) is 8.35. The molecule has 0 bridgehead atoms. The van der Waals surface area contributed by atoms with Crippen LogP contribution in [0.5, 0.6) is 0 Å². The summed E-state index contributed by atoms with van der Waals surface area (Å²) in [6.07, 6.45) is 3.94. The second kappa shape index (κ2) is 9.53. The number of nitrogens with one attached hydrogen (secondary N) is 2. The molecule has 5 rings (SSSR count). The molecule has 0 atom stereocenters. The van der Waals surface area contributed by atoms with Crippen LogP contribution in [0, 0.1) is 0 Å². The average molecular weight is 468 g/mol. The first-order valence-electron chi connectivity index (χ1n) is 11.4. The molecule has 1 aliphatic rings. The number of nitrogen functional groups attached to an aromatic ring is 1. The van der Waals surface area contributed by atoms with Crippen molar-refractivity contribution in [1.29, 1.82) is 0 Å². The van der Waals surface area contributed by atoms with Crippen LogP contribution in [0.25, 0.3) is 11.1 Å². The SMILES string of the molecule is Nc1ccccc1-c1ccc(NC(=O)c2c(NC(=O)c3ccccc3)sc3c2CCCC3)cc1. The number of aryl methyl sites for hydroxylation is 1. The van der Waals surface area contributed by atoms with Gasteiger partial charge >= 0.3 is 0 Å². The van der Waals surface area contributed by atoms with Crippen molar-refractivity contribution in [3.63, 3.8) is 0 Å². The highest BCUT2D eigenvalue weighted by molar-refractivity contribution is 7.17. The van der Waals surface area contributed by atoms with Gasteiger partial charge in [-0.3, -0.25) is 9.59 Å². The summed E-state index contributed by atoms with van der Waals surface area (Å²) in [6.45, 7) is 0. The number of para-hydroxylation sites is 1. The topological polar surface area (TPSA) is 84.2 Å². The molecule has 0 fully saturated rings. The van der Waals surface area contributed by atoms with E-state index in [9.17, 15) is 9.59 Å².